The molecule has 1 fully saturated rings. The third-order valence-electron chi connectivity index (χ3n) is 2.56. The van der Waals surface area contributed by atoms with Gasteiger partial charge in [0.15, 0.2) is 0 Å². The van der Waals surface area contributed by atoms with Crippen molar-refractivity contribution < 1.29 is 9.18 Å². The molecule has 0 aliphatic carbocycles. The molecule has 1 aromatic rings. The SMILES string of the molecule is O=C(Nc1ccc(F)c(Br)c1)C1CCCN1. The van der Waals surface area contributed by atoms with Crippen molar-refractivity contribution in [3.05, 3.63) is 28.5 Å². The van der Waals surface area contributed by atoms with Gasteiger partial charge >= 0.3 is 0 Å². The second-order valence-electron chi connectivity index (χ2n) is 3.77. The molecule has 0 saturated carbocycles. The van der Waals surface area contributed by atoms with Crippen molar-refractivity contribution >= 4 is 27.5 Å². The van der Waals surface area contributed by atoms with E-state index in [1.165, 1.54) is 6.07 Å². The first-order chi connectivity index (χ1) is 7.66. The summed E-state index contributed by atoms with van der Waals surface area (Å²) >= 11 is 3.08. The van der Waals surface area contributed by atoms with Crippen LogP contribution < -0.4 is 10.6 Å². The number of nitrogens with one attached hydrogen (secondary N) is 2. The molecule has 1 amide bonds. The highest BCUT2D eigenvalue weighted by Crippen LogP contribution is 2.20. The Morgan fingerprint density at radius 2 is 2.38 bits per heavy atom. The van der Waals surface area contributed by atoms with E-state index in [0.29, 0.717) is 10.2 Å². The number of anilines is 1. The zero-order valence-corrected chi connectivity index (χ0v) is 10.2. The Labute approximate surface area is 102 Å². The molecule has 1 atom stereocenters. The van der Waals surface area contributed by atoms with E-state index in [9.17, 15) is 9.18 Å². The monoisotopic (exact) mass is 286 g/mol. The average Bonchev–Trinajstić information content (AvgIpc) is 2.77. The largest absolute Gasteiger partial charge is 0.325 e. The van der Waals surface area contributed by atoms with Crippen LogP contribution in [0.3, 0.4) is 0 Å². The minimum Gasteiger partial charge on any atom is -0.325 e. The maximum Gasteiger partial charge on any atom is 0.241 e. The molecular formula is C11H12BrFN2O. The quantitative estimate of drug-likeness (QED) is 0.876. The maximum atomic E-state index is 13.0. The molecule has 2 N–H and O–H groups in total. The molecule has 1 heterocycles. The molecule has 1 aromatic carbocycles. The maximum absolute atomic E-state index is 13.0. The van der Waals surface area contributed by atoms with Gasteiger partial charge < -0.3 is 10.6 Å². The van der Waals surface area contributed by atoms with E-state index in [-0.39, 0.29) is 17.8 Å². The number of hydrogen-bond donors (Lipinski definition) is 2. The zero-order valence-electron chi connectivity index (χ0n) is 8.59. The van der Waals surface area contributed by atoms with Gasteiger partial charge in [-0.15, -0.1) is 0 Å². The summed E-state index contributed by atoms with van der Waals surface area (Å²) in [5.41, 5.74) is 0.604. The molecule has 5 heteroatoms. The lowest BCUT2D eigenvalue weighted by atomic mass is 10.2. The van der Waals surface area contributed by atoms with Gasteiger partial charge in [0, 0.05) is 5.69 Å². The van der Waals surface area contributed by atoms with E-state index < -0.39 is 0 Å². The van der Waals surface area contributed by atoms with Gasteiger partial charge in [-0.2, -0.15) is 0 Å². The Hall–Kier alpha value is -0.940. The number of amides is 1. The number of carbonyl (C=O) groups is 1. The van der Waals surface area contributed by atoms with Crippen LogP contribution in [0.1, 0.15) is 12.8 Å². The predicted octanol–water partition coefficient (Wildman–Crippen LogP) is 2.28. The lowest BCUT2D eigenvalue weighted by Crippen LogP contribution is -2.35. The van der Waals surface area contributed by atoms with E-state index in [0.717, 1.165) is 19.4 Å². The summed E-state index contributed by atoms with van der Waals surface area (Å²) < 4.78 is 13.3. The van der Waals surface area contributed by atoms with Crippen LogP contribution in [-0.2, 0) is 4.79 Å². The van der Waals surface area contributed by atoms with Gasteiger partial charge in [0.1, 0.15) is 5.82 Å². The van der Waals surface area contributed by atoms with Crippen molar-refractivity contribution in [2.24, 2.45) is 0 Å². The molecule has 0 spiro atoms. The van der Waals surface area contributed by atoms with Crippen LogP contribution in [0.2, 0.25) is 0 Å². The summed E-state index contributed by atoms with van der Waals surface area (Å²) in [4.78, 5) is 11.7. The van der Waals surface area contributed by atoms with Crippen LogP contribution in [-0.4, -0.2) is 18.5 Å². The minimum atomic E-state index is -0.336. The standard InChI is InChI=1S/C11H12BrFN2O/c12-8-6-7(3-4-9(8)13)15-11(16)10-2-1-5-14-10/h3-4,6,10,14H,1-2,5H2,(H,15,16). The van der Waals surface area contributed by atoms with Gasteiger partial charge in [0.25, 0.3) is 0 Å². The summed E-state index contributed by atoms with van der Waals surface area (Å²) in [6.45, 7) is 0.880. The van der Waals surface area contributed by atoms with Gasteiger partial charge in [-0.05, 0) is 53.5 Å². The smallest absolute Gasteiger partial charge is 0.241 e. The summed E-state index contributed by atoms with van der Waals surface area (Å²) in [7, 11) is 0. The second kappa shape index (κ2) is 4.93. The zero-order chi connectivity index (χ0) is 11.5. The van der Waals surface area contributed by atoms with Crippen LogP contribution in [0.4, 0.5) is 10.1 Å². The Bertz CT molecular complexity index is 405. The normalized spacial score (nSPS) is 19.8. The van der Waals surface area contributed by atoms with E-state index >= 15 is 0 Å². The fourth-order valence-electron chi connectivity index (χ4n) is 1.71. The van der Waals surface area contributed by atoms with Crippen molar-refractivity contribution in [2.45, 2.75) is 18.9 Å². The number of hydrogen-bond acceptors (Lipinski definition) is 2. The molecule has 2 rings (SSSR count). The first kappa shape index (κ1) is 11.5. The predicted molar refractivity (Wildman–Crippen MR) is 63.8 cm³/mol. The van der Waals surface area contributed by atoms with E-state index in [1.54, 1.807) is 12.1 Å². The highest BCUT2D eigenvalue weighted by molar-refractivity contribution is 9.10. The highest BCUT2D eigenvalue weighted by Gasteiger charge is 2.21. The van der Waals surface area contributed by atoms with E-state index in [4.69, 9.17) is 0 Å². The fraction of sp³-hybridized carbons (Fsp3) is 0.364. The summed E-state index contributed by atoms with van der Waals surface area (Å²) in [5.74, 6) is -0.395. The Morgan fingerprint density at radius 1 is 1.56 bits per heavy atom. The van der Waals surface area contributed by atoms with Crippen molar-refractivity contribution in [2.75, 3.05) is 11.9 Å². The molecule has 0 radical (unpaired) electrons. The molecule has 3 nitrogen and oxygen atoms in total. The van der Waals surface area contributed by atoms with Gasteiger partial charge in [-0.1, -0.05) is 0 Å². The second-order valence-corrected chi connectivity index (χ2v) is 4.62. The Kier molecular flexibility index (Phi) is 3.56. The molecule has 1 aliphatic rings. The molecule has 1 unspecified atom stereocenters. The van der Waals surface area contributed by atoms with Crippen LogP contribution in [0.5, 0.6) is 0 Å². The third-order valence-corrected chi connectivity index (χ3v) is 3.17. The van der Waals surface area contributed by atoms with E-state index in [1.807, 2.05) is 0 Å². The number of halogens is 2. The van der Waals surface area contributed by atoms with Crippen molar-refractivity contribution in [1.29, 1.82) is 0 Å². The van der Waals surface area contributed by atoms with Crippen LogP contribution in [0.25, 0.3) is 0 Å². The first-order valence-corrected chi connectivity index (χ1v) is 5.95. The summed E-state index contributed by atoms with van der Waals surface area (Å²) in [6, 6.07) is 4.31. The number of rotatable bonds is 2. The molecule has 0 aromatic heterocycles. The van der Waals surface area contributed by atoms with Gasteiger partial charge in [0.05, 0.1) is 10.5 Å². The Balaban J connectivity index is 2.02. The minimum absolute atomic E-state index is 0.0593. The first-order valence-electron chi connectivity index (χ1n) is 5.16. The topological polar surface area (TPSA) is 41.1 Å². The lowest BCUT2D eigenvalue weighted by molar-refractivity contribution is -0.117. The van der Waals surface area contributed by atoms with Crippen molar-refractivity contribution in [1.82, 2.24) is 5.32 Å². The molecule has 0 bridgehead atoms. The highest BCUT2D eigenvalue weighted by atomic mass is 79.9. The van der Waals surface area contributed by atoms with Gasteiger partial charge in [-0.25, -0.2) is 4.39 Å². The van der Waals surface area contributed by atoms with Crippen molar-refractivity contribution in [3.63, 3.8) is 0 Å². The summed E-state index contributed by atoms with van der Waals surface area (Å²) in [5, 5.41) is 5.86. The third kappa shape index (κ3) is 2.59. The molecule has 86 valence electrons. The van der Waals surface area contributed by atoms with Crippen LogP contribution >= 0.6 is 15.9 Å². The van der Waals surface area contributed by atoms with Crippen LogP contribution in [0, 0.1) is 5.82 Å². The van der Waals surface area contributed by atoms with Crippen LogP contribution in [0.15, 0.2) is 22.7 Å². The van der Waals surface area contributed by atoms with Crippen molar-refractivity contribution in [3.8, 4) is 0 Å². The lowest BCUT2D eigenvalue weighted by Gasteiger charge is -2.11. The molecule has 16 heavy (non-hydrogen) atoms. The van der Waals surface area contributed by atoms with Gasteiger partial charge in [0.2, 0.25) is 5.91 Å². The Morgan fingerprint density at radius 3 is 3.00 bits per heavy atom. The fourth-order valence-corrected chi connectivity index (χ4v) is 2.09. The number of carbonyl (C=O) groups excluding carboxylic acids is 1. The molecule has 1 saturated heterocycles. The number of benzene rings is 1. The van der Waals surface area contributed by atoms with E-state index in [2.05, 4.69) is 26.6 Å². The van der Waals surface area contributed by atoms with Gasteiger partial charge in [-0.3, -0.25) is 4.79 Å². The average molecular weight is 287 g/mol. The molecule has 1 aliphatic heterocycles. The summed E-state index contributed by atoms with van der Waals surface area (Å²) in [6.07, 6.45) is 1.87. The molecular weight excluding hydrogens is 275 g/mol.